The number of nitrogens with zero attached hydrogens (tertiary/aromatic N) is 2. The molecule has 7 heteroatoms. The van der Waals surface area contributed by atoms with E-state index in [0.717, 1.165) is 10.8 Å². The number of ether oxygens (including phenoxy) is 3. The van der Waals surface area contributed by atoms with Crippen molar-refractivity contribution in [1.29, 1.82) is 5.26 Å². The van der Waals surface area contributed by atoms with Crippen molar-refractivity contribution in [3.05, 3.63) is 65.7 Å². The zero-order valence-corrected chi connectivity index (χ0v) is 16.0. The first-order chi connectivity index (χ1) is 14.2. The number of methoxy groups -OCH3 is 2. The molecular formula is C22H19N3O4. The van der Waals surface area contributed by atoms with Gasteiger partial charge in [-0.15, -0.1) is 0 Å². The molecule has 3 rings (SSSR count). The lowest BCUT2D eigenvalue weighted by atomic mass is 10.0. The number of nitrogens with one attached hydrogen (secondary N) is 1. The number of carbonyl (C=O) groups is 1. The number of benzene rings is 3. The van der Waals surface area contributed by atoms with Gasteiger partial charge in [-0.3, -0.25) is 4.79 Å². The Balaban J connectivity index is 1.87. The van der Waals surface area contributed by atoms with E-state index >= 15 is 0 Å². The quantitative estimate of drug-likeness (QED) is 0.493. The third kappa shape index (κ3) is 4.62. The highest BCUT2D eigenvalue weighted by atomic mass is 16.5. The van der Waals surface area contributed by atoms with Crippen molar-refractivity contribution in [3.8, 4) is 23.3 Å². The van der Waals surface area contributed by atoms with Gasteiger partial charge < -0.3 is 14.2 Å². The van der Waals surface area contributed by atoms with E-state index in [4.69, 9.17) is 19.5 Å². The van der Waals surface area contributed by atoms with Gasteiger partial charge >= 0.3 is 0 Å². The van der Waals surface area contributed by atoms with E-state index in [9.17, 15) is 4.79 Å². The zero-order valence-electron chi connectivity index (χ0n) is 16.0. The highest BCUT2D eigenvalue weighted by Crippen LogP contribution is 2.27. The molecule has 0 atom stereocenters. The molecule has 7 nitrogen and oxygen atoms in total. The average molecular weight is 389 g/mol. The summed E-state index contributed by atoms with van der Waals surface area (Å²) in [7, 11) is 3.02. The first-order valence-electron chi connectivity index (χ1n) is 8.74. The second-order valence-electron chi connectivity index (χ2n) is 5.95. The van der Waals surface area contributed by atoms with Crippen LogP contribution in [0.3, 0.4) is 0 Å². The van der Waals surface area contributed by atoms with E-state index < -0.39 is 5.91 Å². The van der Waals surface area contributed by atoms with Crippen LogP contribution in [0.4, 0.5) is 0 Å². The molecular weight excluding hydrogens is 370 g/mol. The van der Waals surface area contributed by atoms with E-state index in [-0.39, 0.29) is 6.61 Å². The lowest BCUT2D eigenvalue weighted by molar-refractivity contribution is 0.0954. The lowest BCUT2D eigenvalue weighted by Crippen LogP contribution is -2.18. The molecule has 1 amide bonds. The predicted molar refractivity (Wildman–Crippen MR) is 110 cm³/mol. The summed E-state index contributed by atoms with van der Waals surface area (Å²) >= 11 is 0. The molecule has 0 aliphatic heterocycles. The summed E-state index contributed by atoms with van der Waals surface area (Å²) in [5.41, 5.74) is 3.51. The van der Waals surface area contributed by atoms with E-state index in [1.165, 1.54) is 20.4 Å². The number of nitriles is 1. The predicted octanol–water partition coefficient (Wildman–Crippen LogP) is 3.52. The van der Waals surface area contributed by atoms with Crippen LogP contribution in [-0.4, -0.2) is 32.9 Å². The van der Waals surface area contributed by atoms with Crippen LogP contribution < -0.4 is 19.6 Å². The Labute approximate surface area is 168 Å². The number of fused-ring (bicyclic) bond motifs is 1. The van der Waals surface area contributed by atoms with E-state index in [0.29, 0.717) is 28.4 Å². The van der Waals surface area contributed by atoms with Gasteiger partial charge in [0.25, 0.3) is 5.91 Å². The molecule has 1 N–H and O–H groups in total. The van der Waals surface area contributed by atoms with E-state index in [1.807, 2.05) is 36.4 Å². The maximum Gasteiger partial charge on any atom is 0.271 e. The smallest absolute Gasteiger partial charge is 0.271 e. The largest absolute Gasteiger partial charge is 0.497 e. The maximum atomic E-state index is 12.5. The van der Waals surface area contributed by atoms with E-state index in [1.54, 1.807) is 24.3 Å². The van der Waals surface area contributed by atoms with Gasteiger partial charge in [-0.1, -0.05) is 30.3 Å². The fourth-order valence-electron chi connectivity index (χ4n) is 2.80. The molecule has 0 unspecified atom stereocenters. The molecule has 0 saturated carbocycles. The minimum Gasteiger partial charge on any atom is -0.497 e. The van der Waals surface area contributed by atoms with Crippen molar-refractivity contribution in [2.24, 2.45) is 5.10 Å². The number of carbonyl (C=O) groups excluding carboxylic acids is 1. The van der Waals surface area contributed by atoms with Gasteiger partial charge in [0.1, 0.15) is 23.3 Å². The number of rotatable bonds is 7. The zero-order chi connectivity index (χ0) is 20.6. The van der Waals surface area contributed by atoms with Gasteiger partial charge in [-0.2, -0.15) is 10.4 Å². The van der Waals surface area contributed by atoms with Gasteiger partial charge in [-0.25, -0.2) is 5.43 Å². The SMILES string of the molecule is COc1cc(OC)cc(C(=O)N/N=C\c2c(OCC#N)ccc3ccccc23)c1. The van der Waals surface area contributed by atoms with Crippen molar-refractivity contribution in [1.82, 2.24) is 5.43 Å². The van der Waals surface area contributed by atoms with Crippen LogP contribution in [0.2, 0.25) is 0 Å². The van der Waals surface area contributed by atoms with E-state index in [2.05, 4.69) is 10.5 Å². The van der Waals surface area contributed by atoms with Gasteiger partial charge in [0, 0.05) is 17.2 Å². The van der Waals surface area contributed by atoms with Crippen LogP contribution in [-0.2, 0) is 0 Å². The first-order valence-corrected chi connectivity index (χ1v) is 8.74. The van der Waals surface area contributed by atoms with Crippen molar-refractivity contribution in [3.63, 3.8) is 0 Å². The summed E-state index contributed by atoms with van der Waals surface area (Å²) in [4.78, 5) is 12.5. The Morgan fingerprint density at radius 2 is 1.83 bits per heavy atom. The number of hydrazone groups is 1. The van der Waals surface area contributed by atoms with Crippen LogP contribution in [0.5, 0.6) is 17.2 Å². The molecule has 0 heterocycles. The highest BCUT2D eigenvalue weighted by molar-refractivity contribution is 6.03. The van der Waals surface area contributed by atoms with Crippen LogP contribution >= 0.6 is 0 Å². The third-order valence-corrected chi connectivity index (χ3v) is 4.20. The monoisotopic (exact) mass is 389 g/mol. The summed E-state index contributed by atoms with van der Waals surface area (Å²) in [5.74, 6) is 1.09. The van der Waals surface area contributed by atoms with Crippen molar-refractivity contribution >= 4 is 22.9 Å². The second-order valence-corrected chi connectivity index (χ2v) is 5.95. The molecule has 0 aromatic heterocycles. The summed E-state index contributed by atoms with van der Waals surface area (Å²) in [5, 5.41) is 14.8. The first kappa shape index (κ1) is 19.7. The molecule has 0 radical (unpaired) electrons. The Morgan fingerprint density at radius 1 is 1.10 bits per heavy atom. The Hall–Kier alpha value is -4.05. The third-order valence-electron chi connectivity index (χ3n) is 4.20. The minimum atomic E-state index is -0.418. The molecule has 3 aromatic rings. The molecule has 0 spiro atoms. The van der Waals surface area contributed by atoms with Crippen LogP contribution in [0.1, 0.15) is 15.9 Å². The Morgan fingerprint density at radius 3 is 2.52 bits per heavy atom. The molecule has 0 aliphatic carbocycles. The van der Waals surface area contributed by atoms with Crippen molar-refractivity contribution < 1.29 is 19.0 Å². The topological polar surface area (TPSA) is 92.9 Å². The summed E-state index contributed by atoms with van der Waals surface area (Å²) in [6.07, 6.45) is 1.50. The van der Waals surface area contributed by atoms with Gasteiger partial charge in [-0.05, 0) is 29.0 Å². The summed E-state index contributed by atoms with van der Waals surface area (Å²) < 4.78 is 15.9. The van der Waals surface area contributed by atoms with Crippen LogP contribution in [0.15, 0.2) is 59.7 Å². The molecule has 3 aromatic carbocycles. The van der Waals surface area contributed by atoms with Gasteiger partial charge in [0.15, 0.2) is 6.61 Å². The molecule has 0 aliphatic rings. The van der Waals surface area contributed by atoms with Crippen molar-refractivity contribution in [2.45, 2.75) is 0 Å². The fraction of sp³-hybridized carbons (Fsp3) is 0.136. The van der Waals surface area contributed by atoms with Gasteiger partial charge in [0.2, 0.25) is 0 Å². The number of hydrogen-bond acceptors (Lipinski definition) is 6. The molecule has 146 valence electrons. The van der Waals surface area contributed by atoms with Crippen molar-refractivity contribution in [2.75, 3.05) is 20.8 Å². The molecule has 0 saturated heterocycles. The average Bonchev–Trinajstić information content (AvgIpc) is 2.77. The Bertz CT molecular complexity index is 1080. The summed E-state index contributed by atoms with van der Waals surface area (Å²) in [6, 6.07) is 18.2. The molecule has 0 fully saturated rings. The minimum absolute atomic E-state index is 0.0882. The standard InChI is InChI=1S/C22H19N3O4/c1-27-17-11-16(12-18(13-17)28-2)22(26)25-24-14-20-19-6-4-3-5-15(19)7-8-21(20)29-10-9-23/h3-8,11-14H,10H2,1-2H3,(H,25,26)/b24-14-. The normalized spacial score (nSPS) is 10.5. The Kier molecular flexibility index (Phi) is 6.28. The van der Waals surface area contributed by atoms with Gasteiger partial charge in [0.05, 0.1) is 20.4 Å². The number of hydrogen-bond donors (Lipinski definition) is 1. The molecule has 29 heavy (non-hydrogen) atoms. The number of amides is 1. The summed E-state index contributed by atoms with van der Waals surface area (Å²) in [6.45, 7) is -0.0882. The fourth-order valence-corrected chi connectivity index (χ4v) is 2.80. The van der Waals surface area contributed by atoms with Crippen LogP contribution in [0, 0.1) is 11.3 Å². The lowest BCUT2D eigenvalue weighted by Gasteiger charge is -2.10. The highest BCUT2D eigenvalue weighted by Gasteiger charge is 2.10. The molecule has 0 bridgehead atoms. The van der Waals surface area contributed by atoms with Crippen LogP contribution in [0.25, 0.3) is 10.8 Å². The maximum absolute atomic E-state index is 12.5. The second kappa shape index (κ2) is 9.24.